The highest BCUT2D eigenvalue weighted by Crippen LogP contribution is 2.32. The number of aliphatic carboxylic acids is 1. The van der Waals surface area contributed by atoms with Crippen LogP contribution in [0.3, 0.4) is 0 Å². The number of alkyl halides is 3. The predicted molar refractivity (Wildman–Crippen MR) is 117 cm³/mol. The summed E-state index contributed by atoms with van der Waals surface area (Å²) in [6, 6.07) is 12.6. The van der Waals surface area contributed by atoms with E-state index >= 15 is 0 Å². The fraction of sp³-hybridized carbons (Fsp3) is 0.211. The number of aliphatic hydroxyl groups is 1. The number of nitrogens with zero attached hydrogens (tertiary/aromatic N) is 2. The van der Waals surface area contributed by atoms with Crippen LogP contribution in [0.5, 0.6) is 0 Å². The number of halogens is 3. The molecule has 0 aliphatic rings. The van der Waals surface area contributed by atoms with Gasteiger partial charge in [-0.2, -0.15) is 18.2 Å². The first-order valence-electron chi connectivity index (χ1n) is 9.11. The van der Waals surface area contributed by atoms with E-state index in [2.05, 4.69) is 20.0 Å². The first kappa shape index (κ1) is 25.6. The Morgan fingerprint density at radius 1 is 1.15 bits per heavy atom. The summed E-state index contributed by atoms with van der Waals surface area (Å²) in [6.07, 6.45) is -3.97. The van der Waals surface area contributed by atoms with E-state index in [1.54, 1.807) is 12.1 Å². The SMILES string of the molecule is CS(=O)(=O)Nc1ccccc1-c1ccc2c(NCCO)nc(N)nc2c1.O=C(O)C(F)(F)F. The summed E-state index contributed by atoms with van der Waals surface area (Å²) in [5, 5.41) is 19.9. The fourth-order valence-corrected chi connectivity index (χ4v) is 3.23. The zero-order valence-electron chi connectivity index (χ0n) is 17.1. The van der Waals surface area contributed by atoms with Gasteiger partial charge in [0.25, 0.3) is 0 Å². The number of hydrogen-bond acceptors (Lipinski definition) is 8. The minimum absolute atomic E-state index is 0.0337. The number of benzene rings is 2. The molecule has 0 unspecified atom stereocenters. The van der Waals surface area contributed by atoms with Gasteiger partial charge in [-0.3, -0.25) is 4.72 Å². The number of carbonyl (C=O) groups is 1. The average molecular weight is 487 g/mol. The molecule has 0 spiro atoms. The zero-order chi connectivity index (χ0) is 24.8. The lowest BCUT2D eigenvalue weighted by molar-refractivity contribution is -0.192. The van der Waals surface area contributed by atoms with Gasteiger partial charge in [-0.1, -0.05) is 24.3 Å². The van der Waals surface area contributed by atoms with E-state index in [0.717, 1.165) is 22.8 Å². The van der Waals surface area contributed by atoms with Crippen LogP contribution in [0, 0.1) is 0 Å². The number of carboxylic acids is 1. The molecular formula is C19H20F3N5O5S. The van der Waals surface area contributed by atoms with E-state index in [4.69, 9.17) is 20.7 Å². The number of rotatable bonds is 6. The minimum atomic E-state index is -5.08. The van der Waals surface area contributed by atoms with Crippen LogP contribution in [0.15, 0.2) is 42.5 Å². The zero-order valence-corrected chi connectivity index (χ0v) is 17.9. The molecule has 0 saturated heterocycles. The molecular weight excluding hydrogens is 467 g/mol. The van der Waals surface area contributed by atoms with Crippen molar-refractivity contribution in [2.24, 2.45) is 0 Å². The van der Waals surface area contributed by atoms with Crippen molar-refractivity contribution in [3.05, 3.63) is 42.5 Å². The van der Waals surface area contributed by atoms with Crippen molar-refractivity contribution in [2.45, 2.75) is 6.18 Å². The Kier molecular flexibility index (Phi) is 8.00. The standard InChI is InChI=1S/C17H19N5O3S.C2HF3O2/c1-26(24,25)22-14-5-3-2-4-12(14)11-6-7-13-15(10-11)20-17(18)21-16(13)19-8-9-23;3-2(4,5)1(6)7/h2-7,10,22-23H,8-9H2,1H3,(H3,18,19,20,21);(H,6,7). The first-order valence-corrected chi connectivity index (χ1v) is 11.0. The van der Waals surface area contributed by atoms with E-state index in [-0.39, 0.29) is 12.6 Å². The van der Waals surface area contributed by atoms with E-state index in [1.165, 1.54) is 0 Å². The van der Waals surface area contributed by atoms with Crippen LogP contribution in [-0.4, -0.2) is 60.2 Å². The number of fused-ring (bicyclic) bond motifs is 1. The molecule has 0 aliphatic carbocycles. The molecule has 2 aromatic carbocycles. The maximum absolute atomic E-state index is 11.6. The number of hydrogen-bond donors (Lipinski definition) is 5. The number of aliphatic hydroxyl groups excluding tert-OH is 1. The Morgan fingerprint density at radius 3 is 2.36 bits per heavy atom. The van der Waals surface area contributed by atoms with Gasteiger partial charge in [0.2, 0.25) is 16.0 Å². The summed E-state index contributed by atoms with van der Waals surface area (Å²) in [5.74, 6) is -2.11. The molecule has 0 fully saturated rings. The molecule has 0 bridgehead atoms. The van der Waals surface area contributed by atoms with Gasteiger partial charge in [-0.05, 0) is 23.8 Å². The fourth-order valence-electron chi connectivity index (χ4n) is 2.65. The van der Waals surface area contributed by atoms with Crippen molar-refractivity contribution in [1.29, 1.82) is 0 Å². The number of anilines is 3. The van der Waals surface area contributed by atoms with E-state index < -0.39 is 22.2 Å². The normalized spacial score (nSPS) is 11.4. The number of carboxylic acid groups (broad SMARTS) is 1. The molecule has 33 heavy (non-hydrogen) atoms. The van der Waals surface area contributed by atoms with Crippen LogP contribution in [-0.2, 0) is 14.8 Å². The van der Waals surface area contributed by atoms with Crippen molar-refractivity contribution in [1.82, 2.24) is 9.97 Å². The number of sulfonamides is 1. The third-order valence-corrected chi connectivity index (χ3v) is 4.49. The van der Waals surface area contributed by atoms with Crippen molar-refractivity contribution >= 4 is 44.3 Å². The molecule has 14 heteroatoms. The Morgan fingerprint density at radius 2 is 1.79 bits per heavy atom. The molecule has 1 aromatic heterocycles. The summed E-state index contributed by atoms with van der Waals surface area (Å²) in [7, 11) is -3.40. The Balaban J connectivity index is 0.000000479. The maximum atomic E-state index is 11.6. The smallest absolute Gasteiger partial charge is 0.475 e. The molecule has 10 nitrogen and oxygen atoms in total. The van der Waals surface area contributed by atoms with Crippen molar-refractivity contribution in [3.8, 4) is 11.1 Å². The second kappa shape index (κ2) is 10.3. The molecule has 0 saturated carbocycles. The third kappa shape index (κ3) is 7.47. The number of para-hydroxylation sites is 1. The van der Waals surface area contributed by atoms with Gasteiger partial charge in [0.15, 0.2) is 0 Å². The van der Waals surface area contributed by atoms with Crippen LogP contribution in [0.25, 0.3) is 22.0 Å². The van der Waals surface area contributed by atoms with Gasteiger partial charge < -0.3 is 21.3 Å². The lowest BCUT2D eigenvalue weighted by Gasteiger charge is -2.13. The Hall–Kier alpha value is -3.65. The van der Waals surface area contributed by atoms with Crippen molar-refractivity contribution in [3.63, 3.8) is 0 Å². The van der Waals surface area contributed by atoms with Crippen LogP contribution in [0.1, 0.15) is 0 Å². The highest BCUT2D eigenvalue weighted by Gasteiger charge is 2.38. The quantitative estimate of drug-likeness (QED) is 0.350. The summed E-state index contributed by atoms with van der Waals surface area (Å²) < 4.78 is 57.5. The van der Waals surface area contributed by atoms with Gasteiger partial charge in [0.1, 0.15) is 5.82 Å². The lowest BCUT2D eigenvalue weighted by atomic mass is 10.0. The predicted octanol–water partition coefficient (Wildman–Crippen LogP) is 2.29. The maximum Gasteiger partial charge on any atom is 0.490 e. The van der Waals surface area contributed by atoms with E-state index in [9.17, 15) is 21.6 Å². The second-order valence-corrected chi connectivity index (χ2v) is 8.28. The number of nitrogens with one attached hydrogen (secondary N) is 2. The molecule has 0 aliphatic heterocycles. The van der Waals surface area contributed by atoms with Crippen LogP contribution in [0.4, 0.5) is 30.6 Å². The molecule has 3 rings (SSSR count). The molecule has 0 atom stereocenters. The summed E-state index contributed by atoms with van der Waals surface area (Å²) in [4.78, 5) is 17.3. The average Bonchev–Trinajstić information content (AvgIpc) is 2.70. The van der Waals surface area contributed by atoms with Gasteiger partial charge in [-0.25, -0.2) is 18.2 Å². The molecule has 178 valence electrons. The topological polar surface area (TPSA) is 168 Å². The Bertz CT molecular complexity index is 1250. The highest BCUT2D eigenvalue weighted by atomic mass is 32.2. The second-order valence-electron chi connectivity index (χ2n) is 6.54. The van der Waals surface area contributed by atoms with Crippen molar-refractivity contribution in [2.75, 3.05) is 35.2 Å². The number of nitrogen functional groups attached to an aromatic ring is 1. The summed E-state index contributed by atoms with van der Waals surface area (Å²) in [6.45, 7) is 0.308. The molecule has 3 aromatic rings. The van der Waals surface area contributed by atoms with Gasteiger partial charge in [0.05, 0.1) is 24.1 Å². The molecule has 1 heterocycles. The molecule has 0 radical (unpaired) electrons. The lowest BCUT2D eigenvalue weighted by Crippen LogP contribution is -2.21. The number of aromatic nitrogens is 2. The molecule has 6 N–H and O–H groups in total. The summed E-state index contributed by atoms with van der Waals surface area (Å²) >= 11 is 0. The van der Waals surface area contributed by atoms with Gasteiger partial charge >= 0.3 is 12.1 Å². The minimum Gasteiger partial charge on any atom is -0.475 e. The monoisotopic (exact) mass is 487 g/mol. The van der Waals surface area contributed by atoms with E-state index in [1.807, 2.05) is 30.3 Å². The third-order valence-electron chi connectivity index (χ3n) is 3.89. The van der Waals surface area contributed by atoms with E-state index in [0.29, 0.717) is 23.6 Å². The largest absolute Gasteiger partial charge is 0.490 e. The van der Waals surface area contributed by atoms with Crippen LogP contribution >= 0.6 is 0 Å². The Labute approximate surface area is 186 Å². The van der Waals surface area contributed by atoms with Crippen LogP contribution in [0.2, 0.25) is 0 Å². The van der Waals surface area contributed by atoms with Gasteiger partial charge in [0, 0.05) is 17.5 Å². The van der Waals surface area contributed by atoms with Crippen molar-refractivity contribution < 1.29 is 36.6 Å². The highest BCUT2D eigenvalue weighted by molar-refractivity contribution is 7.92. The first-order chi connectivity index (χ1) is 15.3. The van der Waals surface area contributed by atoms with Gasteiger partial charge in [-0.15, -0.1) is 0 Å². The number of nitrogens with two attached hydrogens (primary N) is 1. The summed E-state index contributed by atoms with van der Waals surface area (Å²) in [5.41, 5.74) is 8.39. The van der Waals surface area contributed by atoms with Crippen LogP contribution < -0.4 is 15.8 Å². The molecule has 0 amide bonds.